The first-order valence-electron chi connectivity index (χ1n) is 11.2. The molecule has 0 spiro atoms. The SMILES string of the molecule is O=S(=O)(CCc1oc(-c2ccccc2)c(-c2ccccc2)c1-c1ccccc1)c1ccccc1. The van der Waals surface area contributed by atoms with Gasteiger partial charge in [-0.25, -0.2) is 8.42 Å². The molecule has 3 nitrogen and oxygen atoms in total. The molecule has 0 N–H and O–H groups in total. The van der Waals surface area contributed by atoms with Gasteiger partial charge in [0.1, 0.15) is 11.5 Å². The summed E-state index contributed by atoms with van der Waals surface area (Å²) < 4.78 is 32.6. The lowest BCUT2D eigenvalue weighted by molar-refractivity contribution is 0.527. The van der Waals surface area contributed by atoms with Crippen molar-refractivity contribution in [3.05, 3.63) is 127 Å². The molecule has 0 saturated heterocycles. The summed E-state index contributed by atoms with van der Waals surface area (Å²) >= 11 is 0. The number of benzene rings is 4. The number of sulfone groups is 1. The third kappa shape index (κ3) is 4.45. The van der Waals surface area contributed by atoms with Crippen LogP contribution in [0, 0.1) is 0 Å². The Hall–Kier alpha value is -3.89. The fourth-order valence-corrected chi connectivity index (χ4v) is 5.47. The number of rotatable bonds is 7. The van der Waals surface area contributed by atoms with E-state index < -0.39 is 9.84 Å². The quantitative estimate of drug-likeness (QED) is 0.254. The summed E-state index contributed by atoms with van der Waals surface area (Å²) in [6.45, 7) is 0. The molecule has 5 aromatic rings. The molecular formula is C30H24O3S. The predicted molar refractivity (Wildman–Crippen MR) is 137 cm³/mol. The van der Waals surface area contributed by atoms with Crippen LogP contribution in [-0.2, 0) is 16.3 Å². The van der Waals surface area contributed by atoms with Crippen molar-refractivity contribution in [2.75, 3.05) is 5.75 Å². The molecule has 0 unspecified atom stereocenters. The fourth-order valence-electron chi connectivity index (χ4n) is 4.21. The lowest BCUT2D eigenvalue weighted by Crippen LogP contribution is -2.09. The Labute approximate surface area is 200 Å². The van der Waals surface area contributed by atoms with E-state index in [2.05, 4.69) is 12.1 Å². The summed E-state index contributed by atoms with van der Waals surface area (Å²) in [6.07, 6.45) is 0.272. The van der Waals surface area contributed by atoms with E-state index >= 15 is 0 Å². The van der Waals surface area contributed by atoms with Crippen molar-refractivity contribution in [2.24, 2.45) is 0 Å². The second kappa shape index (κ2) is 9.54. The Kier molecular flexibility index (Phi) is 6.15. The highest BCUT2D eigenvalue weighted by molar-refractivity contribution is 7.91. The van der Waals surface area contributed by atoms with E-state index in [1.165, 1.54) is 0 Å². The highest BCUT2D eigenvalue weighted by atomic mass is 32.2. The molecule has 0 atom stereocenters. The summed E-state index contributed by atoms with van der Waals surface area (Å²) in [7, 11) is -3.45. The van der Waals surface area contributed by atoms with E-state index in [-0.39, 0.29) is 12.2 Å². The maximum atomic E-state index is 13.0. The van der Waals surface area contributed by atoms with Crippen LogP contribution in [-0.4, -0.2) is 14.2 Å². The lowest BCUT2D eigenvalue weighted by Gasteiger charge is -2.09. The van der Waals surface area contributed by atoms with Crippen LogP contribution in [0.15, 0.2) is 131 Å². The van der Waals surface area contributed by atoms with Crippen LogP contribution in [0.25, 0.3) is 33.6 Å². The molecular weight excluding hydrogens is 440 g/mol. The van der Waals surface area contributed by atoms with E-state index in [4.69, 9.17) is 4.42 Å². The second-order valence-corrected chi connectivity index (χ2v) is 10.2. The fraction of sp³-hybridized carbons (Fsp3) is 0.0667. The zero-order chi connectivity index (χ0) is 23.4. The Balaban J connectivity index is 1.68. The standard InChI is InChI=1S/C30H24O3S/c31-34(32,26-19-11-4-12-20-26)22-21-27-28(23-13-5-1-6-14-23)29(24-15-7-2-8-16-24)30(33-27)25-17-9-3-10-18-25/h1-20H,21-22H2. The Morgan fingerprint density at radius 2 is 0.971 bits per heavy atom. The Morgan fingerprint density at radius 1 is 0.529 bits per heavy atom. The van der Waals surface area contributed by atoms with Crippen LogP contribution in [0.4, 0.5) is 0 Å². The van der Waals surface area contributed by atoms with E-state index in [1.807, 2.05) is 84.9 Å². The first-order chi connectivity index (χ1) is 16.6. The van der Waals surface area contributed by atoms with Crippen LogP contribution in [0.5, 0.6) is 0 Å². The Bertz CT molecular complexity index is 1470. The molecule has 0 aliphatic rings. The number of hydrogen-bond acceptors (Lipinski definition) is 3. The van der Waals surface area contributed by atoms with Gasteiger partial charge in [-0.15, -0.1) is 0 Å². The molecule has 0 radical (unpaired) electrons. The molecule has 4 aromatic carbocycles. The highest BCUT2D eigenvalue weighted by Crippen LogP contribution is 2.44. The van der Waals surface area contributed by atoms with Gasteiger partial charge in [0.2, 0.25) is 0 Å². The third-order valence-electron chi connectivity index (χ3n) is 5.84. The molecule has 4 heteroatoms. The zero-order valence-electron chi connectivity index (χ0n) is 18.6. The summed E-state index contributed by atoms with van der Waals surface area (Å²) in [5.41, 5.74) is 4.90. The van der Waals surface area contributed by atoms with Gasteiger partial charge >= 0.3 is 0 Å². The number of furan rings is 1. The van der Waals surface area contributed by atoms with Gasteiger partial charge in [-0.3, -0.25) is 0 Å². The normalized spacial score (nSPS) is 11.4. The average molecular weight is 465 g/mol. The van der Waals surface area contributed by atoms with E-state index in [0.717, 1.165) is 33.6 Å². The van der Waals surface area contributed by atoms with Crippen molar-refractivity contribution >= 4 is 9.84 Å². The monoisotopic (exact) mass is 464 g/mol. The second-order valence-electron chi connectivity index (χ2n) is 8.08. The maximum absolute atomic E-state index is 13.0. The van der Waals surface area contributed by atoms with E-state index in [1.54, 1.807) is 24.3 Å². The minimum Gasteiger partial charge on any atom is -0.460 e. The molecule has 168 valence electrons. The van der Waals surface area contributed by atoms with Crippen molar-refractivity contribution in [1.29, 1.82) is 0 Å². The van der Waals surface area contributed by atoms with Gasteiger partial charge in [0.15, 0.2) is 9.84 Å². The van der Waals surface area contributed by atoms with Crippen LogP contribution < -0.4 is 0 Å². The minimum absolute atomic E-state index is 0.0349. The molecule has 34 heavy (non-hydrogen) atoms. The third-order valence-corrected chi connectivity index (χ3v) is 7.57. The van der Waals surface area contributed by atoms with E-state index in [0.29, 0.717) is 10.7 Å². The predicted octanol–water partition coefficient (Wildman–Crippen LogP) is 7.30. The summed E-state index contributed by atoms with van der Waals surface area (Å²) in [6, 6.07) is 38.7. The zero-order valence-corrected chi connectivity index (χ0v) is 19.4. The molecule has 0 aliphatic carbocycles. The van der Waals surface area contributed by atoms with Crippen LogP contribution in [0.1, 0.15) is 5.76 Å². The molecule has 0 amide bonds. The van der Waals surface area contributed by atoms with Gasteiger partial charge in [0, 0.05) is 23.1 Å². The average Bonchev–Trinajstić information content (AvgIpc) is 3.29. The smallest absolute Gasteiger partial charge is 0.178 e. The lowest BCUT2D eigenvalue weighted by atomic mass is 9.92. The van der Waals surface area contributed by atoms with Crippen molar-refractivity contribution in [2.45, 2.75) is 11.3 Å². The molecule has 1 aromatic heterocycles. The van der Waals surface area contributed by atoms with Gasteiger partial charge in [-0.1, -0.05) is 109 Å². The maximum Gasteiger partial charge on any atom is 0.178 e. The van der Waals surface area contributed by atoms with Crippen molar-refractivity contribution in [3.8, 4) is 33.6 Å². The number of aryl methyl sites for hydroxylation is 1. The topological polar surface area (TPSA) is 47.3 Å². The first-order valence-corrected chi connectivity index (χ1v) is 12.9. The molecule has 1 heterocycles. The number of hydrogen-bond donors (Lipinski definition) is 0. The first kappa shape index (κ1) is 21.9. The largest absolute Gasteiger partial charge is 0.460 e. The molecule has 0 bridgehead atoms. The van der Waals surface area contributed by atoms with Crippen LogP contribution in [0.2, 0.25) is 0 Å². The van der Waals surface area contributed by atoms with Gasteiger partial charge in [-0.05, 0) is 23.3 Å². The molecule has 0 fully saturated rings. The van der Waals surface area contributed by atoms with Gasteiger partial charge in [-0.2, -0.15) is 0 Å². The van der Waals surface area contributed by atoms with Gasteiger partial charge < -0.3 is 4.42 Å². The summed E-state index contributed by atoms with van der Waals surface area (Å²) in [5, 5.41) is 0. The molecule has 0 saturated carbocycles. The van der Waals surface area contributed by atoms with Gasteiger partial charge in [0.25, 0.3) is 0 Å². The molecule has 0 aliphatic heterocycles. The summed E-state index contributed by atoms with van der Waals surface area (Å²) in [4.78, 5) is 0.328. The van der Waals surface area contributed by atoms with Crippen LogP contribution in [0.3, 0.4) is 0 Å². The summed E-state index contributed by atoms with van der Waals surface area (Å²) in [5.74, 6) is 1.38. The van der Waals surface area contributed by atoms with Crippen molar-refractivity contribution in [1.82, 2.24) is 0 Å². The Morgan fingerprint density at radius 3 is 1.50 bits per heavy atom. The molecule has 5 rings (SSSR count). The van der Waals surface area contributed by atoms with Crippen LogP contribution >= 0.6 is 0 Å². The van der Waals surface area contributed by atoms with Crippen molar-refractivity contribution < 1.29 is 12.8 Å². The van der Waals surface area contributed by atoms with Gasteiger partial charge in [0.05, 0.1) is 10.6 Å². The van der Waals surface area contributed by atoms with E-state index in [9.17, 15) is 8.42 Å². The van der Waals surface area contributed by atoms with Crippen molar-refractivity contribution in [3.63, 3.8) is 0 Å². The minimum atomic E-state index is -3.45. The highest BCUT2D eigenvalue weighted by Gasteiger charge is 2.25.